The second-order valence-corrected chi connectivity index (χ2v) is 8.43. The third kappa shape index (κ3) is 3.96. The van der Waals surface area contributed by atoms with E-state index in [4.69, 9.17) is 0 Å². The van der Waals surface area contributed by atoms with Gasteiger partial charge in [-0.2, -0.15) is 0 Å². The maximum atomic E-state index is 12.0. The van der Waals surface area contributed by atoms with Gasteiger partial charge in [0.15, 0.2) is 9.84 Å². The van der Waals surface area contributed by atoms with Crippen LogP contribution in [-0.2, 0) is 9.84 Å². The van der Waals surface area contributed by atoms with Gasteiger partial charge in [0.2, 0.25) is 0 Å². The number of nitrogens with zero attached hydrogens (tertiary/aromatic N) is 2. The molecule has 0 bridgehead atoms. The first-order valence-electron chi connectivity index (χ1n) is 8.40. The van der Waals surface area contributed by atoms with Crippen LogP contribution < -0.4 is 10.2 Å². The van der Waals surface area contributed by atoms with Gasteiger partial charge in [0.1, 0.15) is 10.6 Å². The van der Waals surface area contributed by atoms with Crippen molar-refractivity contribution >= 4 is 26.9 Å². The minimum Gasteiger partial charge on any atom is -0.381 e. The molecule has 1 unspecified atom stereocenters. The van der Waals surface area contributed by atoms with Crippen molar-refractivity contribution in [3.8, 4) is 0 Å². The molecule has 3 rings (SSSR count). The highest BCUT2D eigenvalue weighted by Crippen LogP contribution is 2.36. The molecule has 2 aromatic rings. The van der Waals surface area contributed by atoms with Gasteiger partial charge in [-0.05, 0) is 37.1 Å². The van der Waals surface area contributed by atoms with E-state index in [1.54, 1.807) is 12.1 Å². The molecule has 1 aliphatic heterocycles. The Morgan fingerprint density at radius 2 is 1.88 bits per heavy atom. The molecule has 7 nitrogen and oxygen atoms in total. The topological polar surface area (TPSA) is 92.6 Å². The van der Waals surface area contributed by atoms with Crippen LogP contribution >= 0.6 is 0 Å². The molecule has 1 saturated heterocycles. The van der Waals surface area contributed by atoms with Gasteiger partial charge >= 0.3 is 5.69 Å². The summed E-state index contributed by atoms with van der Waals surface area (Å²) in [5, 5.41) is 15.0. The Kier molecular flexibility index (Phi) is 5.13. The Balaban J connectivity index is 1.90. The summed E-state index contributed by atoms with van der Waals surface area (Å²) >= 11 is 0. The fourth-order valence-corrected chi connectivity index (χ4v) is 4.19. The van der Waals surface area contributed by atoms with Crippen LogP contribution in [0.1, 0.15) is 12.8 Å². The Labute approximate surface area is 152 Å². The van der Waals surface area contributed by atoms with Gasteiger partial charge in [0.05, 0.1) is 4.92 Å². The van der Waals surface area contributed by atoms with Crippen molar-refractivity contribution in [3.05, 3.63) is 58.6 Å². The van der Waals surface area contributed by atoms with Gasteiger partial charge < -0.3 is 10.2 Å². The molecule has 1 fully saturated rings. The number of sulfone groups is 1. The Morgan fingerprint density at radius 3 is 2.54 bits per heavy atom. The number of anilines is 2. The Bertz CT molecular complexity index is 900. The summed E-state index contributed by atoms with van der Waals surface area (Å²) in [6, 6.07) is 14.4. The third-order valence-electron chi connectivity index (χ3n) is 4.47. The van der Waals surface area contributed by atoms with Crippen molar-refractivity contribution in [1.82, 2.24) is 0 Å². The standard InChI is InChI=1S/C18H21N3O4S/c1-26(24,25)17-11-5-10-16(18(17)21(22)23)20-12-6-9-15(13-20)19-14-7-3-2-4-8-14/h2-5,7-8,10-11,15,19H,6,9,12-13H2,1H3. The highest BCUT2D eigenvalue weighted by molar-refractivity contribution is 7.90. The summed E-state index contributed by atoms with van der Waals surface area (Å²) in [5.41, 5.74) is 1.02. The summed E-state index contributed by atoms with van der Waals surface area (Å²) in [6.45, 7) is 1.23. The lowest BCUT2D eigenvalue weighted by Gasteiger charge is -2.35. The number of hydrogen-bond acceptors (Lipinski definition) is 6. The molecule has 1 aliphatic rings. The highest BCUT2D eigenvalue weighted by Gasteiger charge is 2.31. The molecule has 0 radical (unpaired) electrons. The molecule has 0 aromatic heterocycles. The summed E-state index contributed by atoms with van der Waals surface area (Å²) in [4.78, 5) is 12.7. The quantitative estimate of drug-likeness (QED) is 0.638. The van der Waals surface area contributed by atoms with E-state index >= 15 is 0 Å². The number of para-hydroxylation sites is 2. The lowest BCUT2D eigenvalue weighted by molar-refractivity contribution is -0.387. The molecule has 0 aliphatic carbocycles. The first-order valence-corrected chi connectivity index (χ1v) is 10.3. The molecule has 1 N–H and O–H groups in total. The normalized spacial score (nSPS) is 17.7. The van der Waals surface area contributed by atoms with Crippen LogP contribution in [0, 0.1) is 10.1 Å². The lowest BCUT2D eigenvalue weighted by Crippen LogP contribution is -2.42. The van der Waals surface area contributed by atoms with E-state index in [0.29, 0.717) is 18.8 Å². The average molecular weight is 375 g/mol. The van der Waals surface area contributed by atoms with E-state index < -0.39 is 14.8 Å². The highest BCUT2D eigenvalue weighted by atomic mass is 32.2. The van der Waals surface area contributed by atoms with E-state index in [9.17, 15) is 18.5 Å². The number of rotatable bonds is 5. The van der Waals surface area contributed by atoms with Gasteiger partial charge in [-0.15, -0.1) is 0 Å². The van der Waals surface area contributed by atoms with Crippen molar-refractivity contribution < 1.29 is 13.3 Å². The maximum absolute atomic E-state index is 12.0. The van der Waals surface area contributed by atoms with Gasteiger partial charge in [-0.1, -0.05) is 24.3 Å². The van der Waals surface area contributed by atoms with Gasteiger partial charge in [-0.25, -0.2) is 8.42 Å². The van der Waals surface area contributed by atoms with Crippen molar-refractivity contribution in [2.24, 2.45) is 0 Å². The second-order valence-electron chi connectivity index (χ2n) is 6.45. The van der Waals surface area contributed by atoms with E-state index in [2.05, 4.69) is 5.32 Å². The number of nitro groups is 1. The molecule has 0 saturated carbocycles. The molecular formula is C18H21N3O4S. The van der Waals surface area contributed by atoms with Crippen molar-refractivity contribution in [2.75, 3.05) is 29.6 Å². The summed E-state index contributed by atoms with van der Waals surface area (Å²) < 4.78 is 23.9. The van der Waals surface area contributed by atoms with Gasteiger partial charge in [0, 0.05) is 31.1 Å². The third-order valence-corrected chi connectivity index (χ3v) is 5.59. The Morgan fingerprint density at radius 1 is 1.15 bits per heavy atom. The summed E-state index contributed by atoms with van der Waals surface area (Å²) in [6.07, 6.45) is 2.81. The van der Waals surface area contributed by atoms with Crippen molar-refractivity contribution in [2.45, 2.75) is 23.8 Å². The van der Waals surface area contributed by atoms with Crippen LogP contribution in [0.4, 0.5) is 17.1 Å². The molecule has 138 valence electrons. The Hall–Kier alpha value is -2.61. The molecule has 0 spiro atoms. The van der Waals surface area contributed by atoms with E-state index in [1.807, 2.05) is 35.2 Å². The fourth-order valence-electron chi connectivity index (χ4n) is 3.33. The van der Waals surface area contributed by atoms with Crippen LogP contribution in [0.3, 0.4) is 0 Å². The number of benzene rings is 2. The first-order chi connectivity index (χ1) is 12.4. The maximum Gasteiger partial charge on any atom is 0.311 e. The minimum atomic E-state index is -3.69. The van der Waals surface area contributed by atoms with E-state index in [-0.39, 0.29) is 16.6 Å². The molecule has 2 aromatic carbocycles. The number of nitrogens with one attached hydrogen (secondary N) is 1. The van der Waals surface area contributed by atoms with Crippen LogP contribution in [-0.4, -0.2) is 38.7 Å². The fraction of sp³-hybridized carbons (Fsp3) is 0.333. The van der Waals surface area contributed by atoms with Crippen LogP contribution in [0.5, 0.6) is 0 Å². The van der Waals surface area contributed by atoms with Gasteiger partial charge in [0.25, 0.3) is 0 Å². The number of hydrogen-bond donors (Lipinski definition) is 1. The van der Waals surface area contributed by atoms with Crippen LogP contribution in [0.2, 0.25) is 0 Å². The first kappa shape index (κ1) is 18.2. The minimum absolute atomic E-state index is 0.132. The zero-order valence-corrected chi connectivity index (χ0v) is 15.3. The lowest BCUT2D eigenvalue weighted by atomic mass is 10.0. The van der Waals surface area contributed by atoms with Crippen LogP contribution in [0.15, 0.2) is 53.4 Å². The van der Waals surface area contributed by atoms with Gasteiger partial charge in [-0.3, -0.25) is 10.1 Å². The largest absolute Gasteiger partial charge is 0.381 e. The van der Waals surface area contributed by atoms with Crippen molar-refractivity contribution in [1.29, 1.82) is 0 Å². The number of piperidine rings is 1. The zero-order chi connectivity index (χ0) is 18.7. The SMILES string of the molecule is CS(=O)(=O)c1cccc(N2CCCC(Nc3ccccc3)C2)c1[N+](=O)[O-]. The molecule has 8 heteroatoms. The van der Waals surface area contributed by atoms with Crippen molar-refractivity contribution in [3.63, 3.8) is 0 Å². The molecule has 0 amide bonds. The average Bonchev–Trinajstić information content (AvgIpc) is 2.61. The molecule has 1 atom stereocenters. The van der Waals surface area contributed by atoms with E-state index in [1.165, 1.54) is 6.07 Å². The smallest absolute Gasteiger partial charge is 0.311 e. The second kappa shape index (κ2) is 7.33. The van der Waals surface area contributed by atoms with E-state index in [0.717, 1.165) is 24.8 Å². The number of nitro benzene ring substituents is 1. The summed E-state index contributed by atoms with van der Waals surface area (Å²) in [5.74, 6) is 0. The molecular weight excluding hydrogens is 354 g/mol. The predicted octanol–water partition coefficient (Wildman–Crippen LogP) is 3.08. The summed E-state index contributed by atoms with van der Waals surface area (Å²) in [7, 11) is -3.69. The predicted molar refractivity (Wildman–Crippen MR) is 102 cm³/mol. The van der Waals surface area contributed by atoms with Crippen LogP contribution in [0.25, 0.3) is 0 Å². The molecule has 26 heavy (non-hydrogen) atoms. The monoisotopic (exact) mass is 375 g/mol. The zero-order valence-electron chi connectivity index (χ0n) is 14.5. The molecule has 1 heterocycles.